The van der Waals surface area contributed by atoms with Crippen molar-refractivity contribution in [3.63, 3.8) is 0 Å². The van der Waals surface area contributed by atoms with Gasteiger partial charge in [-0.25, -0.2) is 9.78 Å². The monoisotopic (exact) mass is 526 g/mol. The molecule has 1 aromatic carbocycles. The summed E-state index contributed by atoms with van der Waals surface area (Å²) >= 11 is 13.4. The molecule has 1 aliphatic heterocycles. The van der Waals surface area contributed by atoms with Crippen LogP contribution in [0.25, 0.3) is 11.3 Å². The molecule has 1 amide bonds. The molecule has 1 saturated heterocycles. The first-order chi connectivity index (χ1) is 16.2. The van der Waals surface area contributed by atoms with Gasteiger partial charge in [-0.15, -0.1) is 0 Å². The molecular formula is C23H21Cl2LiN4O4S. The number of rotatable bonds is 6. The minimum atomic E-state index is -1.04. The van der Waals surface area contributed by atoms with Crippen LogP contribution in [0.3, 0.4) is 0 Å². The molecule has 35 heavy (non-hydrogen) atoms. The summed E-state index contributed by atoms with van der Waals surface area (Å²) < 4.78 is 0. The van der Waals surface area contributed by atoms with Crippen molar-refractivity contribution in [1.29, 1.82) is 0 Å². The summed E-state index contributed by atoms with van der Waals surface area (Å²) in [5, 5.41) is 13.9. The number of hydrogen-bond acceptors (Lipinski definition) is 6. The summed E-state index contributed by atoms with van der Waals surface area (Å²) in [7, 11) is 0. The molecule has 1 aliphatic carbocycles. The first kappa shape index (κ1) is 25.8. The topological polar surface area (TPSA) is 115 Å². The second kappa shape index (κ2) is 9.64. The van der Waals surface area contributed by atoms with Gasteiger partial charge in [0.1, 0.15) is 10.6 Å². The summed E-state index contributed by atoms with van der Waals surface area (Å²) in [6.07, 6.45) is 0. The number of fused-ring (bicyclic) bond motifs is 1. The molecule has 0 radical (unpaired) electrons. The number of nitrogens with one attached hydrogen (secondary N) is 2. The number of aryl methyl sites for hydroxylation is 1. The van der Waals surface area contributed by atoms with Gasteiger partial charge in [-0.2, -0.15) is 0 Å². The third kappa shape index (κ3) is 4.64. The summed E-state index contributed by atoms with van der Waals surface area (Å²) in [6, 6.07) is 6.81. The average molecular weight is 527 g/mol. The van der Waals surface area contributed by atoms with E-state index < -0.39 is 5.97 Å². The number of ketones is 1. The maximum atomic E-state index is 12.6. The molecule has 2 fully saturated rings. The van der Waals surface area contributed by atoms with E-state index in [2.05, 4.69) is 20.2 Å². The van der Waals surface area contributed by atoms with E-state index in [4.69, 9.17) is 23.2 Å². The number of hydrogen-bond donors (Lipinski definition) is 3. The third-order valence-electron chi connectivity index (χ3n) is 6.42. The Bertz CT molecular complexity index is 1330. The number of carbonyl (C=O) groups excluding carboxylic acids is 2. The fourth-order valence-electron chi connectivity index (χ4n) is 4.50. The zero-order chi connectivity index (χ0) is 24.3. The Morgan fingerprint density at radius 3 is 2.29 bits per heavy atom. The standard InChI is InChI=1S/C23H20Cl2N4O4S.Li.H/c1-9-15(24)16(25)19(26-9)21(31)27-18-13-7-29(8-14(13)18)23-28-17(20(34-23)22(32)33)12-5-3-11(4-6-12)10(2)30;;/h3-6,13-14,18,26H,7-8H2,1-2H3,(H,27,31)(H,32,33);;/t13-,14+,18?;;. The van der Waals surface area contributed by atoms with Crippen molar-refractivity contribution in [1.82, 2.24) is 15.3 Å². The van der Waals surface area contributed by atoms with E-state index in [0.29, 0.717) is 45.8 Å². The molecule has 8 nitrogen and oxygen atoms in total. The van der Waals surface area contributed by atoms with Crippen LogP contribution in [-0.4, -0.2) is 70.7 Å². The molecule has 3 aromatic rings. The maximum absolute atomic E-state index is 12.6. The number of H-pyrrole nitrogens is 1. The number of nitrogens with zero attached hydrogens (tertiary/aromatic N) is 2. The number of amides is 1. The summed E-state index contributed by atoms with van der Waals surface area (Å²) in [5.41, 5.74) is 2.50. The minimum absolute atomic E-state index is 0. The van der Waals surface area contributed by atoms with Crippen LogP contribution in [0.1, 0.15) is 43.1 Å². The normalized spacial score (nSPS) is 20.2. The molecule has 0 spiro atoms. The number of carboxylic acid groups (broad SMARTS) is 1. The van der Waals surface area contributed by atoms with Crippen molar-refractivity contribution in [3.8, 4) is 11.3 Å². The van der Waals surface area contributed by atoms with E-state index in [1.807, 2.05) is 0 Å². The number of aromatic nitrogens is 2. The quantitative estimate of drug-likeness (QED) is 0.331. The fraction of sp³-hybridized carbons (Fsp3) is 0.304. The molecule has 178 valence electrons. The Hall–Kier alpha value is -2.28. The number of carbonyl (C=O) groups is 3. The molecule has 0 bridgehead atoms. The summed E-state index contributed by atoms with van der Waals surface area (Å²) in [6.45, 7) is 4.57. The molecule has 3 N–H and O–H groups in total. The van der Waals surface area contributed by atoms with E-state index in [0.717, 1.165) is 11.3 Å². The van der Waals surface area contributed by atoms with Crippen LogP contribution in [0.2, 0.25) is 10.0 Å². The van der Waals surface area contributed by atoms with E-state index in [1.54, 1.807) is 31.2 Å². The number of carboxylic acids is 1. The molecular weight excluding hydrogens is 506 g/mol. The molecule has 3 atom stereocenters. The first-order valence-electron chi connectivity index (χ1n) is 10.6. The number of benzene rings is 1. The Morgan fingerprint density at radius 2 is 1.77 bits per heavy atom. The summed E-state index contributed by atoms with van der Waals surface area (Å²) in [5.74, 6) is -0.876. The van der Waals surface area contributed by atoms with Crippen molar-refractivity contribution in [2.24, 2.45) is 11.8 Å². The van der Waals surface area contributed by atoms with Gasteiger partial charge < -0.3 is 20.3 Å². The Balaban J connectivity index is 0.00000289. The number of halogens is 2. The first-order valence-corrected chi connectivity index (χ1v) is 12.2. The SMILES string of the molecule is CC(=O)c1ccc(-c2nc(N3C[C@@H]4C(NC(=O)c5[nH]c(C)c(Cl)c5Cl)[C@@H]4C3)sc2C(=O)O)cc1.[LiH]. The predicted molar refractivity (Wildman–Crippen MR) is 138 cm³/mol. The second-order valence-electron chi connectivity index (χ2n) is 8.60. The van der Waals surface area contributed by atoms with Crippen molar-refractivity contribution < 1.29 is 19.5 Å². The van der Waals surface area contributed by atoms with Crippen LogP contribution >= 0.6 is 34.5 Å². The van der Waals surface area contributed by atoms with Crippen LogP contribution in [0.15, 0.2) is 24.3 Å². The molecule has 2 aromatic heterocycles. The van der Waals surface area contributed by atoms with E-state index >= 15 is 0 Å². The van der Waals surface area contributed by atoms with Gasteiger partial charge in [-0.05, 0) is 13.8 Å². The average Bonchev–Trinajstić information content (AvgIpc) is 3.19. The second-order valence-corrected chi connectivity index (χ2v) is 10.3. The number of thiazole rings is 1. The number of anilines is 1. The third-order valence-corrected chi connectivity index (χ3v) is 8.47. The van der Waals surface area contributed by atoms with Crippen LogP contribution in [-0.2, 0) is 0 Å². The van der Waals surface area contributed by atoms with Crippen molar-refractivity contribution >= 4 is 76.2 Å². The van der Waals surface area contributed by atoms with Crippen LogP contribution < -0.4 is 10.2 Å². The molecule has 5 rings (SSSR count). The molecule has 1 saturated carbocycles. The van der Waals surface area contributed by atoms with E-state index in [9.17, 15) is 19.5 Å². The van der Waals surface area contributed by atoms with Gasteiger partial charge in [0.2, 0.25) is 0 Å². The van der Waals surface area contributed by atoms with Crippen molar-refractivity contribution in [2.45, 2.75) is 19.9 Å². The number of piperidine rings is 1. The van der Waals surface area contributed by atoms with E-state index in [1.165, 1.54) is 6.92 Å². The molecule has 2 aliphatic rings. The van der Waals surface area contributed by atoms with Gasteiger partial charge >= 0.3 is 24.8 Å². The zero-order valence-electron chi connectivity index (χ0n) is 18.2. The van der Waals surface area contributed by atoms with Crippen molar-refractivity contribution in [3.05, 3.63) is 56.1 Å². The van der Waals surface area contributed by atoms with Gasteiger partial charge in [0.15, 0.2) is 10.9 Å². The molecule has 12 heteroatoms. The van der Waals surface area contributed by atoms with Crippen LogP contribution in [0.4, 0.5) is 5.13 Å². The van der Waals surface area contributed by atoms with Gasteiger partial charge in [0.05, 0.1) is 15.7 Å². The van der Waals surface area contributed by atoms with Gasteiger partial charge in [0, 0.05) is 47.8 Å². The number of aromatic amines is 1. The number of Topliss-reactive ketones (excluding diaryl/α,β-unsaturated/α-hetero) is 1. The fourth-order valence-corrected chi connectivity index (χ4v) is 5.86. The zero-order valence-corrected chi connectivity index (χ0v) is 20.5. The summed E-state index contributed by atoms with van der Waals surface area (Å²) in [4.78, 5) is 45.8. The Morgan fingerprint density at radius 1 is 1.14 bits per heavy atom. The Labute approximate surface area is 227 Å². The van der Waals surface area contributed by atoms with Gasteiger partial charge in [0.25, 0.3) is 5.91 Å². The van der Waals surface area contributed by atoms with Gasteiger partial charge in [-0.3, -0.25) is 9.59 Å². The predicted octanol–water partition coefficient (Wildman–Crippen LogP) is 3.87. The molecule has 3 heterocycles. The van der Waals surface area contributed by atoms with Crippen LogP contribution in [0.5, 0.6) is 0 Å². The van der Waals surface area contributed by atoms with Crippen LogP contribution in [0, 0.1) is 18.8 Å². The van der Waals surface area contributed by atoms with E-state index in [-0.39, 0.29) is 64.0 Å². The molecule has 1 unspecified atom stereocenters. The number of aromatic carboxylic acids is 1. The Kier molecular flexibility index (Phi) is 7.11. The van der Waals surface area contributed by atoms with Crippen molar-refractivity contribution in [2.75, 3.05) is 18.0 Å². The van der Waals surface area contributed by atoms with Gasteiger partial charge in [-0.1, -0.05) is 58.8 Å².